The Morgan fingerprint density at radius 3 is 2.83 bits per heavy atom. The number of fused-ring (bicyclic) bond motifs is 1. The lowest BCUT2D eigenvalue weighted by Gasteiger charge is -2.04. The van der Waals surface area contributed by atoms with Crippen LogP contribution in [-0.2, 0) is 0 Å². The summed E-state index contributed by atoms with van der Waals surface area (Å²) in [4.78, 5) is 16.4. The lowest BCUT2D eigenvalue weighted by atomic mass is 10.1. The molecule has 0 aliphatic carbocycles. The summed E-state index contributed by atoms with van der Waals surface area (Å²) >= 11 is 9.52. The molecule has 1 aromatic heterocycles. The SMILES string of the molecule is Cc1ccc2cc(C=NNC(=O)c3ccccc3Br)c(Cl)nc2c1. The molecule has 0 radical (unpaired) electrons. The van der Waals surface area contributed by atoms with Crippen molar-refractivity contribution in [3.63, 3.8) is 0 Å². The van der Waals surface area contributed by atoms with Crippen molar-refractivity contribution in [3.05, 3.63) is 74.8 Å². The van der Waals surface area contributed by atoms with Crippen LogP contribution in [0.15, 0.2) is 58.1 Å². The number of hydrazone groups is 1. The van der Waals surface area contributed by atoms with Crippen LogP contribution in [0, 0.1) is 6.92 Å². The van der Waals surface area contributed by atoms with Crippen LogP contribution in [-0.4, -0.2) is 17.1 Å². The van der Waals surface area contributed by atoms with Crippen LogP contribution in [0.2, 0.25) is 5.15 Å². The fraction of sp³-hybridized carbons (Fsp3) is 0.0556. The molecular formula is C18H13BrClN3O. The van der Waals surface area contributed by atoms with Crippen LogP contribution in [0.25, 0.3) is 10.9 Å². The standard InChI is InChI=1S/C18H13BrClN3O/c1-11-6-7-12-9-13(17(20)22-16(12)8-11)10-21-23-18(24)14-4-2-3-5-15(14)19/h2-10H,1H3,(H,23,24). The number of hydrogen-bond acceptors (Lipinski definition) is 3. The van der Waals surface area contributed by atoms with Gasteiger partial charge >= 0.3 is 0 Å². The molecule has 0 saturated carbocycles. The van der Waals surface area contributed by atoms with Crippen molar-refractivity contribution in [2.45, 2.75) is 6.92 Å². The minimum absolute atomic E-state index is 0.306. The molecule has 1 N–H and O–H groups in total. The number of benzene rings is 2. The highest BCUT2D eigenvalue weighted by atomic mass is 79.9. The van der Waals surface area contributed by atoms with Gasteiger partial charge in [0.15, 0.2) is 0 Å². The van der Waals surface area contributed by atoms with Gasteiger partial charge in [-0.2, -0.15) is 5.10 Å². The van der Waals surface area contributed by atoms with E-state index >= 15 is 0 Å². The van der Waals surface area contributed by atoms with Gasteiger partial charge in [-0.15, -0.1) is 0 Å². The van der Waals surface area contributed by atoms with Crippen molar-refractivity contribution < 1.29 is 4.79 Å². The molecule has 2 aromatic carbocycles. The van der Waals surface area contributed by atoms with Crippen LogP contribution in [0.3, 0.4) is 0 Å². The Morgan fingerprint density at radius 2 is 2.04 bits per heavy atom. The van der Waals surface area contributed by atoms with Gasteiger partial charge in [-0.1, -0.05) is 35.9 Å². The molecule has 0 bridgehead atoms. The van der Waals surface area contributed by atoms with Gasteiger partial charge in [0.05, 0.1) is 17.3 Å². The number of halogens is 2. The Hall–Kier alpha value is -2.24. The first-order valence-electron chi connectivity index (χ1n) is 7.19. The summed E-state index contributed by atoms with van der Waals surface area (Å²) in [7, 11) is 0. The highest BCUT2D eigenvalue weighted by Gasteiger charge is 2.08. The highest BCUT2D eigenvalue weighted by molar-refractivity contribution is 9.10. The van der Waals surface area contributed by atoms with Gasteiger partial charge in [-0.05, 0) is 52.7 Å². The van der Waals surface area contributed by atoms with Crippen molar-refractivity contribution in [1.82, 2.24) is 10.4 Å². The largest absolute Gasteiger partial charge is 0.272 e. The lowest BCUT2D eigenvalue weighted by Crippen LogP contribution is -2.18. The Labute approximate surface area is 152 Å². The molecule has 1 heterocycles. The second kappa shape index (κ2) is 7.11. The van der Waals surface area contributed by atoms with E-state index in [1.807, 2.05) is 37.3 Å². The molecule has 0 saturated heterocycles. The Morgan fingerprint density at radius 1 is 1.25 bits per heavy atom. The Bertz CT molecular complexity index is 956. The van der Waals surface area contributed by atoms with E-state index in [9.17, 15) is 4.79 Å². The summed E-state index contributed by atoms with van der Waals surface area (Å²) in [5, 5.41) is 5.28. The summed E-state index contributed by atoms with van der Waals surface area (Å²) < 4.78 is 0.707. The van der Waals surface area contributed by atoms with Crippen molar-refractivity contribution in [3.8, 4) is 0 Å². The second-order valence-electron chi connectivity index (χ2n) is 5.24. The average molecular weight is 403 g/mol. The van der Waals surface area contributed by atoms with E-state index in [0.717, 1.165) is 16.5 Å². The third-order valence-corrected chi connectivity index (χ3v) is 4.44. The van der Waals surface area contributed by atoms with Gasteiger partial charge in [-0.3, -0.25) is 4.79 Å². The van der Waals surface area contributed by atoms with Gasteiger partial charge in [0.2, 0.25) is 0 Å². The predicted molar refractivity (Wildman–Crippen MR) is 101 cm³/mol. The zero-order valence-electron chi connectivity index (χ0n) is 12.8. The fourth-order valence-electron chi connectivity index (χ4n) is 2.23. The van der Waals surface area contributed by atoms with Gasteiger partial charge in [0.1, 0.15) is 5.15 Å². The lowest BCUT2D eigenvalue weighted by molar-refractivity contribution is 0.0954. The van der Waals surface area contributed by atoms with E-state index in [-0.39, 0.29) is 5.91 Å². The normalized spacial score (nSPS) is 11.1. The number of rotatable bonds is 3. The van der Waals surface area contributed by atoms with E-state index in [0.29, 0.717) is 20.8 Å². The van der Waals surface area contributed by atoms with E-state index in [2.05, 4.69) is 31.4 Å². The molecule has 1 amide bonds. The van der Waals surface area contributed by atoms with Crippen molar-refractivity contribution in [1.29, 1.82) is 0 Å². The molecule has 120 valence electrons. The molecule has 0 fully saturated rings. The molecule has 0 aliphatic heterocycles. The molecule has 0 atom stereocenters. The number of carbonyl (C=O) groups excluding carboxylic acids is 1. The van der Waals surface area contributed by atoms with Gasteiger partial charge < -0.3 is 0 Å². The van der Waals surface area contributed by atoms with Gasteiger partial charge in [-0.25, -0.2) is 10.4 Å². The van der Waals surface area contributed by atoms with Crippen LogP contribution in [0.4, 0.5) is 0 Å². The first-order valence-corrected chi connectivity index (χ1v) is 8.36. The molecule has 0 spiro atoms. The first kappa shape index (κ1) is 16.6. The maximum absolute atomic E-state index is 12.1. The third kappa shape index (κ3) is 3.63. The third-order valence-electron chi connectivity index (χ3n) is 3.44. The topological polar surface area (TPSA) is 54.4 Å². The van der Waals surface area contributed by atoms with Crippen LogP contribution >= 0.6 is 27.5 Å². The number of aryl methyl sites for hydroxylation is 1. The predicted octanol–water partition coefficient (Wildman–Crippen LogP) is 4.72. The molecular weight excluding hydrogens is 390 g/mol. The monoisotopic (exact) mass is 401 g/mol. The number of aromatic nitrogens is 1. The van der Waals surface area contributed by atoms with E-state index in [4.69, 9.17) is 11.6 Å². The smallest absolute Gasteiger partial charge is 0.267 e. The van der Waals surface area contributed by atoms with Crippen molar-refractivity contribution >= 4 is 50.6 Å². The second-order valence-corrected chi connectivity index (χ2v) is 6.46. The molecule has 3 aromatic rings. The van der Waals surface area contributed by atoms with Gasteiger partial charge in [0.25, 0.3) is 5.91 Å². The molecule has 4 nitrogen and oxygen atoms in total. The minimum atomic E-state index is -0.306. The molecule has 3 rings (SSSR count). The van der Waals surface area contributed by atoms with Crippen LogP contribution in [0.1, 0.15) is 21.5 Å². The van der Waals surface area contributed by atoms with Gasteiger partial charge in [0, 0.05) is 15.4 Å². The van der Waals surface area contributed by atoms with E-state index in [1.54, 1.807) is 18.2 Å². The summed E-state index contributed by atoms with van der Waals surface area (Å²) in [5.74, 6) is -0.306. The number of carbonyl (C=O) groups is 1. The maximum atomic E-state index is 12.1. The zero-order chi connectivity index (χ0) is 17.1. The molecule has 0 aliphatic rings. The summed E-state index contributed by atoms with van der Waals surface area (Å²) in [6, 6.07) is 15.0. The summed E-state index contributed by atoms with van der Waals surface area (Å²) in [6.45, 7) is 2.00. The molecule has 24 heavy (non-hydrogen) atoms. The van der Waals surface area contributed by atoms with E-state index < -0.39 is 0 Å². The maximum Gasteiger partial charge on any atom is 0.272 e. The van der Waals surface area contributed by atoms with Crippen LogP contribution < -0.4 is 5.43 Å². The summed E-state index contributed by atoms with van der Waals surface area (Å²) in [6.07, 6.45) is 1.49. The Balaban J connectivity index is 1.80. The first-order chi connectivity index (χ1) is 11.5. The van der Waals surface area contributed by atoms with Crippen molar-refractivity contribution in [2.24, 2.45) is 5.10 Å². The number of nitrogens with one attached hydrogen (secondary N) is 1. The molecule has 6 heteroatoms. The summed E-state index contributed by atoms with van der Waals surface area (Å²) in [5.41, 5.74) is 5.58. The van der Waals surface area contributed by atoms with E-state index in [1.165, 1.54) is 6.21 Å². The fourth-order valence-corrected chi connectivity index (χ4v) is 2.89. The quantitative estimate of drug-likeness (QED) is 0.391. The zero-order valence-corrected chi connectivity index (χ0v) is 15.1. The molecule has 0 unspecified atom stereocenters. The van der Waals surface area contributed by atoms with Crippen molar-refractivity contribution in [2.75, 3.05) is 0 Å². The number of amides is 1. The minimum Gasteiger partial charge on any atom is -0.267 e. The number of pyridine rings is 1. The highest BCUT2D eigenvalue weighted by Crippen LogP contribution is 2.20. The number of hydrogen-bond donors (Lipinski definition) is 1. The number of nitrogens with zero attached hydrogens (tertiary/aromatic N) is 2. The average Bonchev–Trinajstić information content (AvgIpc) is 2.55. The Kier molecular flexibility index (Phi) is 4.92. The van der Waals surface area contributed by atoms with Crippen LogP contribution in [0.5, 0.6) is 0 Å².